The Labute approximate surface area is 198 Å². The van der Waals surface area contributed by atoms with Gasteiger partial charge in [0.15, 0.2) is 5.96 Å². The van der Waals surface area contributed by atoms with Gasteiger partial charge in [0.05, 0.1) is 5.69 Å². The number of piperidine rings is 1. The number of nitrogens with zero attached hydrogens (tertiary/aromatic N) is 3. The van der Waals surface area contributed by atoms with E-state index < -0.39 is 0 Å². The second kappa shape index (κ2) is 12.9. The van der Waals surface area contributed by atoms with Crippen molar-refractivity contribution in [1.82, 2.24) is 20.5 Å². The summed E-state index contributed by atoms with van der Waals surface area (Å²) < 4.78 is 5.63. The van der Waals surface area contributed by atoms with Gasteiger partial charge in [-0.2, -0.15) is 0 Å². The fraction of sp³-hybridized carbons (Fsp3) is 0.565. The number of likely N-dealkylation sites (tertiary alicyclic amines) is 1. The van der Waals surface area contributed by atoms with Gasteiger partial charge in [0, 0.05) is 44.7 Å². The maximum absolute atomic E-state index is 5.63. The maximum atomic E-state index is 5.63. The molecule has 3 rings (SSSR count). The molecule has 0 spiro atoms. The van der Waals surface area contributed by atoms with E-state index in [2.05, 4.69) is 51.5 Å². The molecule has 0 radical (unpaired) electrons. The zero-order chi connectivity index (χ0) is 20.5. The van der Waals surface area contributed by atoms with E-state index in [9.17, 15) is 0 Å². The van der Waals surface area contributed by atoms with Crippen LogP contribution in [0.3, 0.4) is 0 Å². The summed E-state index contributed by atoms with van der Waals surface area (Å²) in [6, 6.07) is 8.96. The Morgan fingerprint density at radius 2 is 1.97 bits per heavy atom. The van der Waals surface area contributed by atoms with Gasteiger partial charge in [0.25, 0.3) is 0 Å². The van der Waals surface area contributed by atoms with E-state index in [0.29, 0.717) is 5.89 Å². The molecular weight excluding hydrogens is 489 g/mol. The Balaban J connectivity index is 0.00000320. The van der Waals surface area contributed by atoms with Crippen molar-refractivity contribution in [1.29, 1.82) is 0 Å². The van der Waals surface area contributed by atoms with Crippen molar-refractivity contribution < 1.29 is 4.42 Å². The monoisotopic (exact) mass is 525 g/mol. The minimum absolute atomic E-state index is 0. The minimum Gasteiger partial charge on any atom is -0.444 e. The molecule has 30 heavy (non-hydrogen) atoms. The van der Waals surface area contributed by atoms with Gasteiger partial charge in [-0.3, -0.25) is 4.99 Å². The fourth-order valence-electron chi connectivity index (χ4n) is 3.76. The average Bonchev–Trinajstić information content (AvgIpc) is 3.20. The molecule has 0 saturated carbocycles. The van der Waals surface area contributed by atoms with Crippen LogP contribution in [0.15, 0.2) is 39.9 Å². The summed E-state index contributed by atoms with van der Waals surface area (Å²) in [5.74, 6) is 1.52. The van der Waals surface area contributed by atoms with Crippen LogP contribution in [0.1, 0.15) is 43.9 Å². The van der Waals surface area contributed by atoms with Crippen LogP contribution in [-0.4, -0.2) is 55.1 Å². The number of guanidine groups is 1. The molecule has 2 aromatic rings. The van der Waals surface area contributed by atoms with Crippen molar-refractivity contribution >= 4 is 29.9 Å². The Morgan fingerprint density at radius 1 is 1.20 bits per heavy atom. The third kappa shape index (κ3) is 7.58. The predicted octanol–water partition coefficient (Wildman–Crippen LogP) is 4.24. The number of rotatable bonds is 8. The van der Waals surface area contributed by atoms with E-state index in [1.807, 2.05) is 19.2 Å². The summed E-state index contributed by atoms with van der Waals surface area (Å²) in [5, 5.41) is 6.78. The number of nitrogens with one attached hydrogen (secondary N) is 2. The van der Waals surface area contributed by atoms with E-state index in [0.717, 1.165) is 55.7 Å². The molecule has 1 aromatic carbocycles. The van der Waals surface area contributed by atoms with Gasteiger partial charge < -0.3 is 20.0 Å². The molecule has 1 atom stereocenters. The van der Waals surface area contributed by atoms with Crippen LogP contribution in [0.5, 0.6) is 0 Å². The van der Waals surface area contributed by atoms with Gasteiger partial charge in [0.1, 0.15) is 6.26 Å². The van der Waals surface area contributed by atoms with Gasteiger partial charge in [-0.05, 0) is 51.8 Å². The number of hydrogen-bond acceptors (Lipinski definition) is 4. The summed E-state index contributed by atoms with van der Waals surface area (Å²) >= 11 is 0. The second-order valence-electron chi connectivity index (χ2n) is 7.92. The molecule has 1 unspecified atom stereocenters. The maximum Gasteiger partial charge on any atom is 0.226 e. The van der Waals surface area contributed by atoms with Crippen LogP contribution in [0.25, 0.3) is 11.5 Å². The topological polar surface area (TPSA) is 65.7 Å². The molecule has 0 aliphatic carbocycles. The van der Waals surface area contributed by atoms with Gasteiger partial charge >= 0.3 is 0 Å². The largest absolute Gasteiger partial charge is 0.444 e. The Kier molecular flexibility index (Phi) is 10.6. The highest BCUT2D eigenvalue weighted by atomic mass is 127. The van der Waals surface area contributed by atoms with Crippen LogP contribution < -0.4 is 10.6 Å². The first-order chi connectivity index (χ1) is 14.2. The zero-order valence-corrected chi connectivity index (χ0v) is 20.8. The van der Waals surface area contributed by atoms with Crippen molar-refractivity contribution in [3.05, 3.63) is 41.8 Å². The van der Waals surface area contributed by atoms with E-state index in [4.69, 9.17) is 4.42 Å². The predicted molar refractivity (Wildman–Crippen MR) is 135 cm³/mol. The quantitative estimate of drug-likeness (QED) is 0.234. The molecule has 0 bridgehead atoms. The van der Waals surface area contributed by atoms with Crippen molar-refractivity contribution in [2.45, 2.75) is 52.0 Å². The first-order valence-electron chi connectivity index (χ1n) is 10.9. The average molecular weight is 525 g/mol. The van der Waals surface area contributed by atoms with Crippen LogP contribution >= 0.6 is 24.0 Å². The van der Waals surface area contributed by atoms with E-state index >= 15 is 0 Å². The lowest BCUT2D eigenvalue weighted by Gasteiger charge is -2.33. The van der Waals surface area contributed by atoms with Crippen molar-refractivity contribution in [3.8, 4) is 11.5 Å². The molecule has 1 aromatic heterocycles. The van der Waals surface area contributed by atoms with Crippen LogP contribution in [0, 0.1) is 6.92 Å². The van der Waals surface area contributed by atoms with Crippen LogP contribution in [0.4, 0.5) is 0 Å². The molecular formula is C23H36IN5O. The summed E-state index contributed by atoms with van der Waals surface area (Å²) in [4.78, 5) is 11.5. The molecule has 1 aliphatic heterocycles. The highest BCUT2D eigenvalue weighted by Gasteiger charge is 2.17. The summed E-state index contributed by atoms with van der Waals surface area (Å²) in [6.45, 7) is 8.53. The fourth-order valence-corrected chi connectivity index (χ4v) is 3.76. The number of oxazole rings is 1. The molecule has 0 amide bonds. The summed E-state index contributed by atoms with van der Waals surface area (Å²) in [5.41, 5.74) is 3.19. The number of aliphatic imine (C=N–C) groups is 1. The summed E-state index contributed by atoms with van der Waals surface area (Å²) in [7, 11) is 1.81. The Hall–Kier alpha value is -1.61. The highest BCUT2D eigenvalue weighted by molar-refractivity contribution is 14.0. The number of aromatic nitrogens is 1. The molecule has 1 fully saturated rings. The Bertz CT molecular complexity index is 774. The van der Waals surface area contributed by atoms with Gasteiger partial charge in [-0.25, -0.2) is 4.98 Å². The molecule has 166 valence electrons. The van der Waals surface area contributed by atoms with Crippen LogP contribution in [0.2, 0.25) is 0 Å². The van der Waals surface area contributed by atoms with E-state index in [-0.39, 0.29) is 24.0 Å². The van der Waals surface area contributed by atoms with Crippen LogP contribution in [-0.2, 0) is 6.42 Å². The van der Waals surface area contributed by atoms with Crippen molar-refractivity contribution in [2.24, 2.45) is 4.99 Å². The number of halogens is 1. The van der Waals surface area contributed by atoms with E-state index in [1.165, 1.54) is 31.4 Å². The lowest BCUT2D eigenvalue weighted by Crippen LogP contribution is -2.41. The third-order valence-corrected chi connectivity index (χ3v) is 5.60. The smallest absolute Gasteiger partial charge is 0.226 e. The van der Waals surface area contributed by atoms with Crippen molar-refractivity contribution in [2.75, 3.05) is 33.2 Å². The Morgan fingerprint density at radius 3 is 2.70 bits per heavy atom. The first-order valence-corrected chi connectivity index (χ1v) is 10.9. The van der Waals surface area contributed by atoms with Gasteiger partial charge in [-0.1, -0.05) is 24.1 Å². The van der Waals surface area contributed by atoms with E-state index in [1.54, 1.807) is 6.26 Å². The summed E-state index contributed by atoms with van der Waals surface area (Å²) in [6.07, 6.45) is 7.73. The standard InChI is InChI=1S/C23H35N5O.HI/c1-18-8-10-20(11-9-18)22-27-21(17-29-22)12-14-26-23(24-3)25-13-6-16-28-15-5-4-7-19(28)2;/h8-11,17,19H,4-7,12-16H2,1-3H3,(H2,24,25,26);1H. The first kappa shape index (κ1) is 24.7. The molecule has 6 nitrogen and oxygen atoms in total. The lowest BCUT2D eigenvalue weighted by molar-refractivity contribution is 0.159. The molecule has 2 heterocycles. The molecule has 1 aliphatic rings. The molecule has 7 heteroatoms. The van der Waals surface area contributed by atoms with Crippen molar-refractivity contribution in [3.63, 3.8) is 0 Å². The number of aryl methyl sites for hydroxylation is 1. The molecule has 1 saturated heterocycles. The minimum atomic E-state index is 0. The second-order valence-corrected chi connectivity index (χ2v) is 7.92. The van der Waals surface area contributed by atoms with Gasteiger partial charge in [-0.15, -0.1) is 24.0 Å². The number of benzene rings is 1. The SMILES string of the molecule is CN=C(NCCCN1CCCCC1C)NCCc1coc(-c2ccc(C)cc2)n1.I. The zero-order valence-electron chi connectivity index (χ0n) is 18.5. The normalized spacial score (nSPS) is 17.4. The lowest BCUT2D eigenvalue weighted by atomic mass is 10.0. The number of hydrogen-bond donors (Lipinski definition) is 2. The third-order valence-electron chi connectivity index (χ3n) is 5.60. The highest BCUT2D eigenvalue weighted by Crippen LogP contribution is 2.19. The van der Waals surface area contributed by atoms with Gasteiger partial charge in [0.2, 0.25) is 5.89 Å². The molecule has 2 N–H and O–H groups in total.